The van der Waals surface area contributed by atoms with Crippen molar-refractivity contribution in [3.05, 3.63) is 59.5 Å². The quantitative estimate of drug-likeness (QED) is 0.708. The molecule has 3 heterocycles. The molecule has 1 amide bonds. The number of ether oxygens (including phenoxy) is 1. The van der Waals surface area contributed by atoms with E-state index in [-0.39, 0.29) is 12.0 Å². The minimum Gasteiger partial charge on any atom is -0.458 e. The van der Waals surface area contributed by atoms with Crippen LogP contribution in [0, 0.1) is 13.8 Å². The Bertz CT molecular complexity index is 935. The Balaban J connectivity index is 1.41. The number of likely N-dealkylation sites (tertiary alicyclic amines) is 1. The number of aromatic nitrogens is 3. The van der Waals surface area contributed by atoms with Gasteiger partial charge in [-0.1, -0.05) is 35.5 Å². The van der Waals surface area contributed by atoms with Gasteiger partial charge in [0.05, 0.1) is 6.54 Å². The summed E-state index contributed by atoms with van der Waals surface area (Å²) in [5.74, 6) is 0.419. The molecular formula is C20H20N4O3. The lowest BCUT2D eigenvalue weighted by atomic mass is 10.1. The molecule has 1 aliphatic rings. The SMILES string of the molecule is Cc1cc(C)nc(O[C@@H]2CCN(C(=O)c3cc(-c4ccccc4)on3)C2)n1. The minimum atomic E-state index is -0.159. The molecule has 27 heavy (non-hydrogen) atoms. The van der Waals surface area contributed by atoms with Crippen LogP contribution in [0.1, 0.15) is 28.3 Å². The Morgan fingerprint density at radius 2 is 1.89 bits per heavy atom. The first kappa shape index (κ1) is 17.2. The van der Waals surface area contributed by atoms with Gasteiger partial charge >= 0.3 is 6.01 Å². The molecule has 7 heteroatoms. The lowest BCUT2D eigenvalue weighted by molar-refractivity contribution is 0.0759. The van der Waals surface area contributed by atoms with Crippen LogP contribution in [0.2, 0.25) is 0 Å². The maximum Gasteiger partial charge on any atom is 0.317 e. The second-order valence-corrected chi connectivity index (χ2v) is 6.66. The number of hydrogen-bond acceptors (Lipinski definition) is 6. The highest BCUT2D eigenvalue weighted by molar-refractivity contribution is 5.93. The fraction of sp³-hybridized carbons (Fsp3) is 0.300. The van der Waals surface area contributed by atoms with Gasteiger partial charge in [0, 0.05) is 36.0 Å². The molecule has 0 unspecified atom stereocenters. The van der Waals surface area contributed by atoms with E-state index in [1.165, 1.54) is 0 Å². The maximum atomic E-state index is 12.7. The van der Waals surface area contributed by atoms with Crippen LogP contribution in [-0.4, -0.2) is 45.1 Å². The summed E-state index contributed by atoms with van der Waals surface area (Å²) in [5.41, 5.74) is 2.91. The minimum absolute atomic E-state index is 0.129. The van der Waals surface area contributed by atoms with Crippen molar-refractivity contribution in [1.82, 2.24) is 20.0 Å². The van der Waals surface area contributed by atoms with Crippen molar-refractivity contribution >= 4 is 5.91 Å². The van der Waals surface area contributed by atoms with E-state index in [1.807, 2.05) is 50.2 Å². The number of amides is 1. The zero-order chi connectivity index (χ0) is 18.8. The predicted octanol–water partition coefficient (Wildman–Crippen LogP) is 3.04. The summed E-state index contributed by atoms with van der Waals surface area (Å²) in [6, 6.07) is 13.5. The van der Waals surface area contributed by atoms with Gasteiger partial charge in [-0.3, -0.25) is 4.79 Å². The van der Waals surface area contributed by atoms with Crippen molar-refractivity contribution < 1.29 is 14.1 Å². The first-order valence-electron chi connectivity index (χ1n) is 8.89. The second kappa shape index (κ2) is 7.19. The highest BCUT2D eigenvalue weighted by Crippen LogP contribution is 2.22. The van der Waals surface area contributed by atoms with Gasteiger partial charge in [-0.05, 0) is 19.9 Å². The molecule has 0 aliphatic carbocycles. The molecule has 1 atom stereocenters. The van der Waals surface area contributed by atoms with Gasteiger partial charge in [-0.15, -0.1) is 0 Å². The normalized spacial score (nSPS) is 16.5. The Kier molecular flexibility index (Phi) is 4.58. The second-order valence-electron chi connectivity index (χ2n) is 6.66. The first-order chi connectivity index (χ1) is 13.1. The van der Waals surface area contributed by atoms with E-state index in [0.29, 0.717) is 30.6 Å². The molecule has 2 aromatic heterocycles. The first-order valence-corrected chi connectivity index (χ1v) is 8.89. The third kappa shape index (κ3) is 3.81. The molecule has 4 rings (SSSR count). The smallest absolute Gasteiger partial charge is 0.317 e. The Hall–Kier alpha value is -3.22. The van der Waals surface area contributed by atoms with Crippen molar-refractivity contribution in [1.29, 1.82) is 0 Å². The number of rotatable bonds is 4. The van der Waals surface area contributed by atoms with Crippen LogP contribution < -0.4 is 4.74 Å². The van der Waals surface area contributed by atoms with E-state index < -0.39 is 0 Å². The number of aryl methyl sites for hydroxylation is 2. The van der Waals surface area contributed by atoms with Crippen LogP contribution in [0.4, 0.5) is 0 Å². The number of nitrogens with zero attached hydrogens (tertiary/aromatic N) is 4. The fourth-order valence-corrected chi connectivity index (χ4v) is 3.18. The van der Waals surface area contributed by atoms with Crippen LogP contribution in [0.15, 0.2) is 47.0 Å². The number of benzene rings is 1. The molecule has 0 radical (unpaired) electrons. The fourth-order valence-electron chi connectivity index (χ4n) is 3.18. The molecule has 0 spiro atoms. The molecule has 7 nitrogen and oxygen atoms in total. The Morgan fingerprint density at radius 1 is 1.15 bits per heavy atom. The van der Waals surface area contributed by atoms with Gasteiger partial charge in [-0.25, -0.2) is 9.97 Å². The summed E-state index contributed by atoms with van der Waals surface area (Å²) >= 11 is 0. The molecule has 138 valence electrons. The third-order valence-electron chi connectivity index (χ3n) is 4.45. The largest absolute Gasteiger partial charge is 0.458 e. The summed E-state index contributed by atoms with van der Waals surface area (Å²) in [5, 5.41) is 3.94. The molecule has 1 saturated heterocycles. The van der Waals surface area contributed by atoms with Crippen molar-refractivity contribution in [2.75, 3.05) is 13.1 Å². The standard InChI is InChI=1S/C20H20N4O3/c1-13-10-14(2)22-20(21-13)26-16-8-9-24(12-16)19(25)17-11-18(27-23-17)15-6-4-3-5-7-15/h3-7,10-11,16H,8-9,12H2,1-2H3/t16-/m1/s1. The average molecular weight is 364 g/mol. The van der Waals surface area contributed by atoms with E-state index >= 15 is 0 Å². The van der Waals surface area contributed by atoms with Crippen LogP contribution in [0.25, 0.3) is 11.3 Å². The molecule has 0 N–H and O–H groups in total. The Morgan fingerprint density at radius 3 is 2.63 bits per heavy atom. The molecule has 0 saturated carbocycles. The molecule has 1 aliphatic heterocycles. The summed E-state index contributed by atoms with van der Waals surface area (Å²) in [6.45, 7) is 4.88. The molecular weight excluding hydrogens is 344 g/mol. The van der Waals surface area contributed by atoms with Crippen LogP contribution in [-0.2, 0) is 0 Å². The van der Waals surface area contributed by atoms with Crippen molar-refractivity contribution in [3.63, 3.8) is 0 Å². The zero-order valence-corrected chi connectivity index (χ0v) is 15.3. The molecule has 1 fully saturated rings. The summed E-state index contributed by atoms with van der Waals surface area (Å²) in [4.78, 5) is 23.0. The van der Waals surface area contributed by atoms with Gasteiger partial charge in [0.2, 0.25) is 0 Å². The topological polar surface area (TPSA) is 81.4 Å². The summed E-state index contributed by atoms with van der Waals surface area (Å²) in [7, 11) is 0. The van der Waals surface area contributed by atoms with Gasteiger partial charge in [-0.2, -0.15) is 0 Å². The van der Waals surface area contributed by atoms with E-state index in [2.05, 4.69) is 15.1 Å². The lowest BCUT2D eigenvalue weighted by Gasteiger charge is -2.15. The van der Waals surface area contributed by atoms with Gasteiger partial charge in [0.15, 0.2) is 11.5 Å². The summed E-state index contributed by atoms with van der Waals surface area (Å²) in [6.07, 6.45) is 0.599. The highest BCUT2D eigenvalue weighted by atomic mass is 16.5. The van der Waals surface area contributed by atoms with Crippen LogP contribution in [0.3, 0.4) is 0 Å². The van der Waals surface area contributed by atoms with Gasteiger partial charge in [0.1, 0.15) is 6.10 Å². The van der Waals surface area contributed by atoms with Crippen molar-refractivity contribution in [2.45, 2.75) is 26.4 Å². The number of carbonyl (C=O) groups is 1. The van der Waals surface area contributed by atoms with Gasteiger partial charge < -0.3 is 14.2 Å². The molecule has 3 aromatic rings. The predicted molar refractivity (Wildman–Crippen MR) is 98.4 cm³/mol. The summed E-state index contributed by atoms with van der Waals surface area (Å²) < 4.78 is 11.2. The van der Waals surface area contributed by atoms with E-state index in [4.69, 9.17) is 9.26 Å². The highest BCUT2D eigenvalue weighted by Gasteiger charge is 2.30. The monoisotopic (exact) mass is 364 g/mol. The molecule has 1 aromatic carbocycles. The van der Waals surface area contributed by atoms with E-state index in [0.717, 1.165) is 23.4 Å². The van der Waals surface area contributed by atoms with Crippen LogP contribution in [0.5, 0.6) is 6.01 Å². The van der Waals surface area contributed by atoms with E-state index in [1.54, 1.807) is 11.0 Å². The lowest BCUT2D eigenvalue weighted by Crippen LogP contribution is -2.31. The number of hydrogen-bond donors (Lipinski definition) is 0. The van der Waals surface area contributed by atoms with E-state index in [9.17, 15) is 4.79 Å². The molecule has 0 bridgehead atoms. The Labute approximate surface area is 157 Å². The van der Waals surface area contributed by atoms with Crippen molar-refractivity contribution in [3.8, 4) is 17.3 Å². The van der Waals surface area contributed by atoms with Gasteiger partial charge in [0.25, 0.3) is 5.91 Å². The zero-order valence-electron chi connectivity index (χ0n) is 15.3. The van der Waals surface area contributed by atoms with Crippen LogP contribution >= 0.6 is 0 Å². The maximum absolute atomic E-state index is 12.7. The average Bonchev–Trinajstić information content (AvgIpc) is 3.31. The van der Waals surface area contributed by atoms with Crippen molar-refractivity contribution in [2.24, 2.45) is 0 Å². The third-order valence-corrected chi connectivity index (χ3v) is 4.45. The number of carbonyl (C=O) groups excluding carboxylic acids is 1.